The SMILES string of the molecule is Cc1ccc(C(=O)[C@@H]2CC2(Cl)Cl)cc1. The normalized spacial score (nSPS) is 23.2. The van der Waals surface area contributed by atoms with Crippen LogP contribution in [0.25, 0.3) is 0 Å². The van der Waals surface area contributed by atoms with Gasteiger partial charge in [0.05, 0.1) is 5.92 Å². The molecular formula is C11H10Cl2O. The van der Waals surface area contributed by atoms with Crippen LogP contribution in [0.1, 0.15) is 22.3 Å². The van der Waals surface area contributed by atoms with Gasteiger partial charge in [-0.2, -0.15) is 0 Å². The van der Waals surface area contributed by atoms with Crippen LogP contribution in [0.15, 0.2) is 24.3 Å². The molecule has 0 saturated heterocycles. The summed E-state index contributed by atoms with van der Waals surface area (Å²) >= 11 is 11.7. The third-order valence-corrected chi connectivity index (χ3v) is 3.31. The van der Waals surface area contributed by atoms with E-state index in [0.717, 1.165) is 5.56 Å². The summed E-state index contributed by atoms with van der Waals surface area (Å²) < 4.78 is -0.817. The predicted octanol–water partition coefficient (Wildman–Crippen LogP) is 3.37. The molecule has 1 aromatic carbocycles. The highest BCUT2D eigenvalue weighted by atomic mass is 35.5. The Kier molecular flexibility index (Phi) is 2.32. The number of aryl methyl sites for hydroxylation is 1. The lowest BCUT2D eigenvalue weighted by Crippen LogP contribution is -2.06. The molecule has 1 saturated carbocycles. The van der Waals surface area contributed by atoms with Crippen molar-refractivity contribution in [3.63, 3.8) is 0 Å². The first-order chi connectivity index (χ1) is 6.50. The van der Waals surface area contributed by atoms with Gasteiger partial charge >= 0.3 is 0 Å². The molecule has 1 aliphatic rings. The second-order valence-corrected chi connectivity index (χ2v) is 5.29. The molecule has 1 fully saturated rings. The number of ketones is 1. The van der Waals surface area contributed by atoms with Crippen LogP contribution >= 0.6 is 23.2 Å². The average molecular weight is 229 g/mol. The van der Waals surface area contributed by atoms with Gasteiger partial charge in [-0.3, -0.25) is 4.79 Å². The van der Waals surface area contributed by atoms with Gasteiger partial charge in [0, 0.05) is 5.56 Å². The molecule has 0 amide bonds. The zero-order chi connectivity index (χ0) is 10.3. The molecule has 3 heteroatoms. The van der Waals surface area contributed by atoms with Crippen molar-refractivity contribution in [1.29, 1.82) is 0 Å². The Labute approximate surface area is 93.0 Å². The third-order valence-electron chi connectivity index (χ3n) is 2.48. The summed E-state index contributed by atoms with van der Waals surface area (Å²) in [6, 6.07) is 7.47. The molecular weight excluding hydrogens is 219 g/mol. The number of hydrogen-bond donors (Lipinski definition) is 0. The summed E-state index contributed by atoms with van der Waals surface area (Å²) in [7, 11) is 0. The van der Waals surface area contributed by atoms with Gasteiger partial charge in [0.15, 0.2) is 5.78 Å². The van der Waals surface area contributed by atoms with E-state index in [4.69, 9.17) is 23.2 Å². The summed E-state index contributed by atoms with van der Waals surface area (Å²) in [6.07, 6.45) is 0.572. The van der Waals surface area contributed by atoms with Crippen molar-refractivity contribution in [2.24, 2.45) is 5.92 Å². The van der Waals surface area contributed by atoms with Crippen molar-refractivity contribution in [1.82, 2.24) is 0 Å². The van der Waals surface area contributed by atoms with Gasteiger partial charge < -0.3 is 0 Å². The summed E-state index contributed by atoms with van der Waals surface area (Å²) in [5.74, 6) is -0.163. The smallest absolute Gasteiger partial charge is 0.169 e. The van der Waals surface area contributed by atoms with Crippen LogP contribution in [-0.2, 0) is 0 Å². The largest absolute Gasteiger partial charge is 0.294 e. The monoisotopic (exact) mass is 228 g/mol. The van der Waals surface area contributed by atoms with Crippen LogP contribution in [0.2, 0.25) is 0 Å². The molecule has 0 aliphatic heterocycles. The Balaban J connectivity index is 2.17. The molecule has 0 unspecified atom stereocenters. The minimum absolute atomic E-state index is 0.0509. The maximum atomic E-state index is 11.8. The molecule has 1 nitrogen and oxygen atoms in total. The average Bonchev–Trinajstić information content (AvgIpc) is 2.75. The molecule has 14 heavy (non-hydrogen) atoms. The number of halogens is 2. The van der Waals surface area contributed by atoms with Crippen LogP contribution < -0.4 is 0 Å². The molecule has 0 aromatic heterocycles. The van der Waals surface area contributed by atoms with E-state index in [9.17, 15) is 4.79 Å². The number of carbonyl (C=O) groups is 1. The Morgan fingerprint density at radius 2 is 1.86 bits per heavy atom. The Morgan fingerprint density at radius 1 is 1.36 bits per heavy atom. The molecule has 1 atom stereocenters. The van der Waals surface area contributed by atoms with Gasteiger partial charge in [0.2, 0.25) is 0 Å². The van der Waals surface area contributed by atoms with Crippen LogP contribution in [0.3, 0.4) is 0 Å². The lowest BCUT2D eigenvalue weighted by Gasteiger charge is -2.00. The molecule has 0 spiro atoms. The minimum Gasteiger partial charge on any atom is -0.294 e. The molecule has 1 aromatic rings. The summed E-state index contributed by atoms with van der Waals surface area (Å²) in [5, 5.41) is 0. The standard InChI is InChI=1S/C11H10Cl2O/c1-7-2-4-8(5-3-7)10(14)9-6-11(9,12)13/h2-5,9H,6H2,1H3/t9-/m0/s1. The number of alkyl halides is 2. The topological polar surface area (TPSA) is 17.1 Å². The zero-order valence-electron chi connectivity index (χ0n) is 7.76. The summed E-state index contributed by atoms with van der Waals surface area (Å²) in [5.41, 5.74) is 1.84. The highest BCUT2D eigenvalue weighted by Gasteiger charge is 2.56. The van der Waals surface area contributed by atoms with Crippen LogP contribution in [0.5, 0.6) is 0 Å². The Bertz CT molecular complexity index is 367. The molecule has 1 aliphatic carbocycles. The van der Waals surface area contributed by atoms with Crippen molar-refractivity contribution in [2.75, 3.05) is 0 Å². The van der Waals surface area contributed by atoms with E-state index in [2.05, 4.69) is 0 Å². The number of rotatable bonds is 2. The van der Waals surface area contributed by atoms with E-state index in [-0.39, 0.29) is 11.7 Å². The van der Waals surface area contributed by atoms with Gasteiger partial charge in [0.1, 0.15) is 4.33 Å². The maximum absolute atomic E-state index is 11.8. The molecule has 74 valence electrons. The van der Waals surface area contributed by atoms with Crippen molar-refractivity contribution in [2.45, 2.75) is 17.7 Å². The van der Waals surface area contributed by atoms with Crippen LogP contribution in [0, 0.1) is 12.8 Å². The number of hydrogen-bond acceptors (Lipinski definition) is 1. The van der Waals surface area contributed by atoms with Crippen LogP contribution in [0.4, 0.5) is 0 Å². The maximum Gasteiger partial charge on any atom is 0.169 e. The lowest BCUT2D eigenvalue weighted by atomic mass is 10.1. The molecule has 0 heterocycles. The molecule has 0 bridgehead atoms. The summed E-state index contributed by atoms with van der Waals surface area (Å²) in [6.45, 7) is 1.98. The van der Waals surface area contributed by atoms with Crippen molar-refractivity contribution in [3.05, 3.63) is 35.4 Å². The molecule has 0 N–H and O–H groups in total. The number of benzene rings is 1. The number of Topliss-reactive ketones (excluding diaryl/α,β-unsaturated/α-hetero) is 1. The third kappa shape index (κ3) is 1.79. The quantitative estimate of drug-likeness (QED) is 0.561. The van der Waals surface area contributed by atoms with E-state index in [1.807, 2.05) is 31.2 Å². The van der Waals surface area contributed by atoms with E-state index in [1.165, 1.54) is 0 Å². The zero-order valence-corrected chi connectivity index (χ0v) is 9.27. The highest BCUT2D eigenvalue weighted by molar-refractivity contribution is 6.52. The fraction of sp³-hybridized carbons (Fsp3) is 0.364. The molecule has 0 radical (unpaired) electrons. The fourth-order valence-corrected chi connectivity index (χ4v) is 1.92. The van der Waals surface area contributed by atoms with Gasteiger partial charge in [-0.15, -0.1) is 23.2 Å². The fourth-order valence-electron chi connectivity index (χ4n) is 1.42. The number of carbonyl (C=O) groups excluding carboxylic acids is 1. The van der Waals surface area contributed by atoms with Crippen molar-refractivity contribution in [3.8, 4) is 0 Å². The minimum atomic E-state index is -0.817. The van der Waals surface area contributed by atoms with Crippen LogP contribution in [-0.4, -0.2) is 10.1 Å². The van der Waals surface area contributed by atoms with E-state index in [0.29, 0.717) is 12.0 Å². The van der Waals surface area contributed by atoms with E-state index < -0.39 is 4.33 Å². The first-order valence-electron chi connectivity index (χ1n) is 4.49. The second-order valence-electron chi connectivity index (χ2n) is 3.75. The van der Waals surface area contributed by atoms with Gasteiger partial charge in [-0.05, 0) is 13.3 Å². The van der Waals surface area contributed by atoms with Gasteiger partial charge in [-0.25, -0.2) is 0 Å². The van der Waals surface area contributed by atoms with E-state index >= 15 is 0 Å². The lowest BCUT2D eigenvalue weighted by molar-refractivity contribution is 0.0967. The van der Waals surface area contributed by atoms with Gasteiger partial charge in [0.25, 0.3) is 0 Å². The Hall–Kier alpha value is -0.530. The highest BCUT2D eigenvalue weighted by Crippen LogP contribution is 2.54. The first kappa shape index (κ1) is 10.0. The van der Waals surface area contributed by atoms with E-state index in [1.54, 1.807) is 0 Å². The summed E-state index contributed by atoms with van der Waals surface area (Å²) in [4.78, 5) is 11.8. The van der Waals surface area contributed by atoms with Gasteiger partial charge in [-0.1, -0.05) is 29.8 Å². The Morgan fingerprint density at radius 3 is 2.29 bits per heavy atom. The van der Waals surface area contributed by atoms with Crippen molar-refractivity contribution >= 4 is 29.0 Å². The van der Waals surface area contributed by atoms with Crippen molar-refractivity contribution < 1.29 is 4.79 Å². The first-order valence-corrected chi connectivity index (χ1v) is 5.25. The molecule has 2 rings (SSSR count). The predicted molar refractivity (Wildman–Crippen MR) is 58.1 cm³/mol. The second kappa shape index (κ2) is 3.25.